The van der Waals surface area contributed by atoms with E-state index in [0.29, 0.717) is 5.56 Å². The van der Waals surface area contributed by atoms with Crippen molar-refractivity contribution in [2.24, 2.45) is 0 Å². The third-order valence-corrected chi connectivity index (χ3v) is 3.79. The van der Waals surface area contributed by atoms with Gasteiger partial charge in [-0.25, -0.2) is 0 Å². The molecule has 0 saturated carbocycles. The molecule has 5 N–H and O–H groups in total. The number of rotatable bonds is 13. The van der Waals surface area contributed by atoms with Crippen molar-refractivity contribution in [3.05, 3.63) is 29.8 Å². The number of hydrogen-bond acceptors (Lipinski definition) is 7. The number of hydrogen-bond donors (Lipinski definition) is 5. The summed E-state index contributed by atoms with van der Waals surface area (Å²) in [5, 5.41) is 45.6. The van der Waals surface area contributed by atoms with Crippen LogP contribution in [0.2, 0.25) is 0 Å². The molecule has 1 unspecified atom stereocenters. The van der Waals surface area contributed by atoms with Crippen LogP contribution in [0.4, 0.5) is 0 Å². The smallest absolute Gasteiger partial charge is 0.508 e. The molecule has 1 rings (SSSR count). The van der Waals surface area contributed by atoms with Crippen molar-refractivity contribution in [1.29, 1.82) is 0 Å². The van der Waals surface area contributed by atoms with Crippen LogP contribution in [0.25, 0.3) is 0 Å². The Bertz CT molecular complexity index is 679. The van der Waals surface area contributed by atoms with E-state index in [0.717, 1.165) is 9.80 Å². The summed E-state index contributed by atoms with van der Waals surface area (Å²) in [7, 11) is 0. The number of phenols is 1. The summed E-state index contributed by atoms with van der Waals surface area (Å²) in [6, 6.07) is 5.12. The quantitative estimate of drug-likeness (QED) is 0.237. The fraction of sp³-hybridized carbons (Fsp3) is 0.412. The normalized spacial score (nSPS) is 11.7. The fourth-order valence-corrected chi connectivity index (χ4v) is 2.74. The molecule has 1 aromatic rings. The zero-order valence-electron chi connectivity index (χ0n) is 15.3. The van der Waals surface area contributed by atoms with Gasteiger partial charge in [0.1, 0.15) is 5.75 Å². The standard InChI is InChI=1S/C17H22N2O9.Mn/c20-13-3-1-11(2-4-13)5-12(19(9-16(25)26)10-17(27)28)6-18(7-14(21)22)8-15(23)24;/h1-4,12,20H,5-10H2,(H,21,22)(H,23,24)(H,25,26)(H,27,28);/q;+2. The number of phenolic OH excluding ortho intramolecular Hbond substituents is 1. The zero-order valence-corrected chi connectivity index (χ0v) is 16.5. The van der Waals surface area contributed by atoms with E-state index < -0.39 is 56.1 Å². The van der Waals surface area contributed by atoms with Crippen molar-refractivity contribution in [2.45, 2.75) is 12.5 Å². The molecule has 159 valence electrons. The Morgan fingerprint density at radius 3 is 1.55 bits per heavy atom. The Balaban J connectivity index is 0.00000784. The molecule has 0 amide bonds. The van der Waals surface area contributed by atoms with Crippen LogP contribution >= 0.6 is 0 Å². The van der Waals surface area contributed by atoms with Crippen LogP contribution < -0.4 is 0 Å². The molecular formula is C17H22MnN2O9+2. The van der Waals surface area contributed by atoms with Gasteiger partial charge in [-0.15, -0.1) is 0 Å². The Labute approximate surface area is 176 Å². The molecule has 1 atom stereocenters. The van der Waals surface area contributed by atoms with Gasteiger partial charge < -0.3 is 25.5 Å². The maximum absolute atomic E-state index is 11.2. The van der Waals surface area contributed by atoms with Gasteiger partial charge in [0.15, 0.2) is 0 Å². The summed E-state index contributed by atoms with van der Waals surface area (Å²) < 4.78 is 0. The maximum Gasteiger partial charge on any atom is 2.00 e. The summed E-state index contributed by atoms with van der Waals surface area (Å²) in [6.45, 7) is -2.63. The number of carboxylic acid groups (broad SMARTS) is 4. The molecule has 0 aliphatic heterocycles. The Kier molecular flexibility index (Phi) is 11.6. The van der Waals surface area contributed by atoms with E-state index >= 15 is 0 Å². The van der Waals surface area contributed by atoms with Gasteiger partial charge in [0.25, 0.3) is 0 Å². The predicted molar refractivity (Wildman–Crippen MR) is 94.2 cm³/mol. The number of carbonyl (C=O) groups is 4. The predicted octanol–water partition coefficient (Wildman–Crippen LogP) is -0.757. The van der Waals surface area contributed by atoms with Crippen LogP contribution in [-0.2, 0) is 42.7 Å². The number of nitrogens with zero attached hydrogens (tertiary/aromatic N) is 2. The first-order valence-electron chi connectivity index (χ1n) is 8.18. The van der Waals surface area contributed by atoms with Crippen LogP contribution in [0.3, 0.4) is 0 Å². The first-order valence-corrected chi connectivity index (χ1v) is 8.18. The van der Waals surface area contributed by atoms with Gasteiger partial charge in [-0.1, -0.05) is 12.1 Å². The molecule has 0 aliphatic rings. The second-order valence-electron chi connectivity index (χ2n) is 6.17. The van der Waals surface area contributed by atoms with Crippen LogP contribution in [0, 0.1) is 0 Å². The minimum absolute atomic E-state index is 0. The summed E-state index contributed by atoms with van der Waals surface area (Å²) in [5.74, 6) is -5.09. The van der Waals surface area contributed by atoms with Crippen LogP contribution in [0.1, 0.15) is 5.56 Å². The largest absolute Gasteiger partial charge is 2.00 e. The van der Waals surface area contributed by atoms with E-state index in [4.69, 9.17) is 20.4 Å². The van der Waals surface area contributed by atoms with Crippen molar-refractivity contribution in [1.82, 2.24) is 9.80 Å². The second kappa shape index (κ2) is 12.7. The molecule has 0 saturated heterocycles. The first-order chi connectivity index (χ1) is 13.1. The second-order valence-corrected chi connectivity index (χ2v) is 6.17. The van der Waals surface area contributed by atoms with Gasteiger partial charge in [-0.2, -0.15) is 0 Å². The van der Waals surface area contributed by atoms with Gasteiger partial charge in [0.2, 0.25) is 0 Å². The molecule has 0 spiro atoms. The molecule has 29 heavy (non-hydrogen) atoms. The number of aliphatic carboxylic acids is 4. The van der Waals surface area contributed by atoms with Crippen molar-refractivity contribution >= 4 is 23.9 Å². The monoisotopic (exact) mass is 453 g/mol. The topological polar surface area (TPSA) is 176 Å². The van der Waals surface area contributed by atoms with E-state index in [-0.39, 0.29) is 35.8 Å². The van der Waals surface area contributed by atoms with E-state index in [1.165, 1.54) is 12.1 Å². The van der Waals surface area contributed by atoms with Crippen molar-refractivity contribution in [2.75, 3.05) is 32.7 Å². The molecule has 1 aromatic carbocycles. The van der Waals surface area contributed by atoms with Gasteiger partial charge in [-0.05, 0) is 24.1 Å². The molecule has 0 bridgehead atoms. The maximum atomic E-state index is 11.2. The summed E-state index contributed by atoms with van der Waals surface area (Å²) in [4.78, 5) is 46.6. The van der Waals surface area contributed by atoms with Gasteiger partial charge in [0.05, 0.1) is 26.2 Å². The molecule has 11 nitrogen and oxygen atoms in total. The van der Waals surface area contributed by atoms with Crippen molar-refractivity contribution < 1.29 is 61.8 Å². The van der Waals surface area contributed by atoms with Crippen molar-refractivity contribution in [3.8, 4) is 5.75 Å². The molecule has 0 aromatic heterocycles. The third kappa shape index (κ3) is 11.1. The van der Waals surface area contributed by atoms with E-state index in [1.54, 1.807) is 12.1 Å². The average molecular weight is 453 g/mol. The molecule has 0 heterocycles. The number of benzene rings is 1. The van der Waals surface area contributed by atoms with Gasteiger partial charge in [-0.3, -0.25) is 29.0 Å². The zero-order chi connectivity index (χ0) is 21.3. The Hall–Kier alpha value is -2.66. The van der Waals surface area contributed by atoms with Gasteiger partial charge in [0, 0.05) is 12.6 Å². The molecule has 1 radical (unpaired) electrons. The number of aromatic hydroxyl groups is 1. The molecule has 0 aliphatic carbocycles. The first kappa shape index (κ1) is 26.3. The number of carboxylic acids is 4. The molecule has 12 heteroatoms. The molecule has 0 fully saturated rings. The van der Waals surface area contributed by atoms with Crippen molar-refractivity contribution in [3.63, 3.8) is 0 Å². The van der Waals surface area contributed by atoms with Gasteiger partial charge >= 0.3 is 40.9 Å². The summed E-state index contributed by atoms with van der Waals surface area (Å²) >= 11 is 0. The van der Waals surface area contributed by atoms with E-state index in [9.17, 15) is 24.3 Å². The minimum atomic E-state index is -1.28. The Morgan fingerprint density at radius 1 is 0.759 bits per heavy atom. The van der Waals surface area contributed by atoms with Crippen LogP contribution in [-0.4, -0.2) is 98.0 Å². The third-order valence-electron chi connectivity index (χ3n) is 3.79. The van der Waals surface area contributed by atoms with E-state index in [1.807, 2.05) is 0 Å². The molecular weight excluding hydrogens is 431 g/mol. The Morgan fingerprint density at radius 2 is 1.17 bits per heavy atom. The van der Waals surface area contributed by atoms with Crippen LogP contribution in [0.5, 0.6) is 5.75 Å². The summed E-state index contributed by atoms with van der Waals surface area (Å²) in [6.07, 6.45) is 0.122. The minimum Gasteiger partial charge on any atom is -0.508 e. The fourth-order valence-electron chi connectivity index (χ4n) is 2.74. The summed E-state index contributed by atoms with van der Waals surface area (Å²) in [5.41, 5.74) is 0.633. The van der Waals surface area contributed by atoms with E-state index in [2.05, 4.69) is 0 Å². The average Bonchev–Trinajstić information content (AvgIpc) is 2.53. The SMILES string of the molecule is O=C(O)CN(CC(=O)O)CC(Cc1ccc(O)cc1)N(CC(=O)O)CC(=O)O.[Mn+2]. The van der Waals surface area contributed by atoms with Crippen LogP contribution in [0.15, 0.2) is 24.3 Å².